The molecule has 0 aromatic carbocycles. The maximum absolute atomic E-state index is 13.0. The molecule has 1 amide bonds. The molecule has 0 aliphatic carbocycles. The maximum Gasteiger partial charge on any atom is 0.276 e. The predicted octanol–water partition coefficient (Wildman–Crippen LogP) is 1.24. The van der Waals surface area contributed by atoms with Crippen LogP contribution in [0.4, 0.5) is 11.5 Å². The molecule has 0 saturated carbocycles. The van der Waals surface area contributed by atoms with E-state index in [-0.39, 0.29) is 40.3 Å². The van der Waals surface area contributed by atoms with Crippen LogP contribution in [0.25, 0.3) is 0 Å². The van der Waals surface area contributed by atoms with E-state index in [2.05, 4.69) is 25.9 Å². The molecule has 1 spiro atoms. The van der Waals surface area contributed by atoms with Crippen molar-refractivity contribution in [1.29, 1.82) is 0 Å². The number of piperidine rings is 1. The number of amides is 1. The smallest absolute Gasteiger partial charge is 0.276 e. The van der Waals surface area contributed by atoms with Crippen LogP contribution < -0.4 is 21.5 Å². The Balaban J connectivity index is 0.00000182. The van der Waals surface area contributed by atoms with Gasteiger partial charge in [0.2, 0.25) is 0 Å². The molecule has 1 unspecified atom stereocenters. The fourth-order valence-electron chi connectivity index (χ4n) is 3.31. The van der Waals surface area contributed by atoms with Crippen molar-refractivity contribution in [2.45, 2.75) is 18.5 Å². The van der Waals surface area contributed by atoms with Crippen molar-refractivity contribution in [2.24, 2.45) is 0 Å². The lowest BCUT2D eigenvalue weighted by Crippen LogP contribution is -2.56. The second kappa shape index (κ2) is 6.62. The fraction of sp³-hybridized carbons (Fsp3) is 0.333. The number of carbonyl (C=O) groups excluding carboxylic acids is 1. The van der Waals surface area contributed by atoms with Gasteiger partial charge in [-0.3, -0.25) is 14.2 Å². The van der Waals surface area contributed by atoms with Crippen molar-refractivity contribution in [3.8, 4) is 0 Å². The number of anilines is 2. The Labute approximate surface area is 154 Å². The van der Waals surface area contributed by atoms with Gasteiger partial charge in [-0.1, -0.05) is 11.6 Å². The number of hydrogen-bond acceptors (Lipinski definition) is 6. The first kappa shape index (κ1) is 17.7. The number of nitrogens with zero attached hydrogens (tertiary/aromatic N) is 3. The van der Waals surface area contributed by atoms with E-state index in [1.165, 1.54) is 17.0 Å². The van der Waals surface area contributed by atoms with Crippen molar-refractivity contribution >= 4 is 41.4 Å². The van der Waals surface area contributed by atoms with Crippen LogP contribution in [0.3, 0.4) is 0 Å². The van der Waals surface area contributed by atoms with E-state index in [9.17, 15) is 9.59 Å². The molecule has 132 valence electrons. The summed E-state index contributed by atoms with van der Waals surface area (Å²) in [6.07, 6.45) is 4.48. The Hall–Kier alpha value is -2.16. The van der Waals surface area contributed by atoms with Gasteiger partial charge in [0, 0.05) is 12.7 Å². The lowest BCUT2D eigenvalue weighted by Gasteiger charge is -2.35. The minimum absolute atomic E-state index is 0. The summed E-state index contributed by atoms with van der Waals surface area (Å²) in [7, 11) is 0. The van der Waals surface area contributed by atoms with Crippen LogP contribution in [0, 0.1) is 0 Å². The van der Waals surface area contributed by atoms with Gasteiger partial charge in [0.1, 0.15) is 29.2 Å². The molecule has 0 bridgehead atoms. The summed E-state index contributed by atoms with van der Waals surface area (Å²) in [5.41, 5.74) is -0.605. The molecule has 0 radical (unpaired) electrons. The van der Waals surface area contributed by atoms with Gasteiger partial charge < -0.3 is 16.0 Å². The van der Waals surface area contributed by atoms with Crippen molar-refractivity contribution in [3.05, 3.63) is 45.7 Å². The molecule has 4 heterocycles. The predicted molar refractivity (Wildman–Crippen MR) is 95.8 cm³/mol. The molecule has 1 atom stereocenters. The van der Waals surface area contributed by atoms with Gasteiger partial charge in [-0.25, -0.2) is 9.97 Å². The third kappa shape index (κ3) is 2.86. The molecular weight excluding hydrogens is 367 g/mol. The molecule has 4 rings (SSSR count). The highest BCUT2D eigenvalue weighted by Crippen LogP contribution is 2.32. The van der Waals surface area contributed by atoms with Crippen LogP contribution in [0.5, 0.6) is 0 Å². The Kier molecular flexibility index (Phi) is 4.68. The van der Waals surface area contributed by atoms with Crippen LogP contribution in [-0.4, -0.2) is 33.5 Å². The Morgan fingerprint density at radius 1 is 1.36 bits per heavy atom. The van der Waals surface area contributed by atoms with Crippen LogP contribution in [0.2, 0.25) is 5.02 Å². The molecule has 8 nitrogen and oxygen atoms in total. The third-order valence-electron chi connectivity index (χ3n) is 4.35. The average molecular weight is 383 g/mol. The number of rotatable bonds is 2. The van der Waals surface area contributed by atoms with Gasteiger partial charge in [-0.15, -0.1) is 12.4 Å². The van der Waals surface area contributed by atoms with Crippen LogP contribution in [0.15, 0.2) is 29.5 Å². The third-order valence-corrected chi connectivity index (χ3v) is 4.64. The van der Waals surface area contributed by atoms with Gasteiger partial charge >= 0.3 is 0 Å². The largest absolute Gasteiger partial charge is 0.336 e. The molecule has 2 aromatic rings. The second-order valence-corrected chi connectivity index (χ2v) is 6.29. The lowest BCUT2D eigenvalue weighted by atomic mass is 10.00. The number of fused-ring (bicyclic) bond motifs is 2. The molecule has 1 fully saturated rings. The number of halogens is 2. The normalized spacial score (nSPS) is 21.4. The number of pyridine rings is 1. The SMILES string of the molecule is Cl.O=C1NC2(CCCNC2)n2c1c(Cl)cc(Nc1ccncn1)c2=O. The zero-order chi connectivity index (χ0) is 16.7. The minimum atomic E-state index is -0.769. The van der Waals surface area contributed by atoms with Gasteiger partial charge in [-0.2, -0.15) is 0 Å². The molecule has 2 aliphatic heterocycles. The van der Waals surface area contributed by atoms with E-state index in [0.29, 0.717) is 18.8 Å². The Bertz CT molecular complexity index is 864. The molecule has 2 aliphatic rings. The van der Waals surface area contributed by atoms with Crippen molar-refractivity contribution in [2.75, 3.05) is 18.4 Å². The van der Waals surface area contributed by atoms with E-state index in [4.69, 9.17) is 11.6 Å². The topological polar surface area (TPSA) is 101 Å². The maximum atomic E-state index is 13.0. The van der Waals surface area contributed by atoms with Gasteiger partial charge in [0.05, 0.1) is 5.02 Å². The molecule has 10 heteroatoms. The van der Waals surface area contributed by atoms with Gasteiger partial charge in [0.15, 0.2) is 0 Å². The quantitative estimate of drug-likeness (QED) is 0.722. The zero-order valence-corrected chi connectivity index (χ0v) is 14.7. The standard InChI is InChI=1S/C15H15ClN6O2.ClH/c16-9-6-10(20-11-2-5-18-8-19-11)14(24)22-12(9)13(23)21-15(22)3-1-4-17-7-15;/h2,5-6,8,17H,1,3-4,7H2,(H,21,23)(H,18,19,20);1H. The van der Waals surface area contributed by atoms with E-state index >= 15 is 0 Å². The molecule has 2 aromatic heterocycles. The second-order valence-electron chi connectivity index (χ2n) is 5.88. The molecule has 25 heavy (non-hydrogen) atoms. The monoisotopic (exact) mass is 382 g/mol. The molecule has 3 N–H and O–H groups in total. The summed E-state index contributed by atoms with van der Waals surface area (Å²) < 4.78 is 1.48. The Morgan fingerprint density at radius 2 is 2.20 bits per heavy atom. The van der Waals surface area contributed by atoms with Crippen molar-refractivity contribution in [3.63, 3.8) is 0 Å². The van der Waals surface area contributed by atoms with E-state index in [1.807, 2.05) is 0 Å². The van der Waals surface area contributed by atoms with E-state index < -0.39 is 5.66 Å². The molecular formula is C15H16Cl2N6O2. The highest BCUT2D eigenvalue weighted by atomic mass is 35.5. The van der Waals surface area contributed by atoms with E-state index in [0.717, 1.165) is 13.0 Å². The average Bonchev–Trinajstić information content (AvgIpc) is 2.86. The zero-order valence-electron chi connectivity index (χ0n) is 13.1. The first-order valence-electron chi connectivity index (χ1n) is 7.63. The highest BCUT2D eigenvalue weighted by molar-refractivity contribution is 6.34. The van der Waals surface area contributed by atoms with Gasteiger partial charge in [-0.05, 0) is 31.5 Å². The number of carbonyl (C=O) groups is 1. The van der Waals surface area contributed by atoms with Crippen molar-refractivity contribution in [1.82, 2.24) is 25.2 Å². The summed E-state index contributed by atoms with van der Waals surface area (Å²) in [5.74, 6) is 0.154. The molecule has 1 saturated heterocycles. The minimum Gasteiger partial charge on any atom is -0.336 e. The number of hydrogen-bond donors (Lipinski definition) is 3. The fourth-order valence-corrected chi connectivity index (χ4v) is 3.59. The van der Waals surface area contributed by atoms with Crippen LogP contribution in [-0.2, 0) is 5.66 Å². The van der Waals surface area contributed by atoms with E-state index in [1.54, 1.807) is 12.3 Å². The summed E-state index contributed by atoms with van der Waals surface area (Å²) in [5, 5.41) is 9.35. The van der Waals surface area contributed by atoms with Gasteiger partial charge in [0.25, 0.3) is 11.5 Å². The van der Waals surface area contributed by atoms with Crippen LogP contribution >= 0.6 is 24.0 Å². The first-order chi connectivity index (χ1) is 11.6. The number of aromatic nitrogens is 3. The summed E-state index contributed by atoms with van der Waals surface area (Å²) >= 11 is 6.30. The van der Waals surface area contributed by atoms with Crippen molar-refractivity contribution < 1.29 is 4.79 Å². The summed E-state index contributed by atoms with van der Waals surface area (Å²) in [6.45, 7) is 1.34. The summed E-state index contributed by atoms with van der Waals surface area (Å²) in [6, 6.07) is 3.11. The van der Waals surface area contributed by atoms with Crippen LogP contribution in [0.1, 0.15) is 23.3 Å². The lowest BCUT2D eigenvalue weighted by molar-refractivity contribution is 0.0892. The Morgan fingerprint density at radius 3 is 2.88 bits per heavy atom. The highest BCUT2D eigenvalue weighted by Gasteiger charge is 2.45. The summed E-state index contributed by atoms with van der Waals surface area (Å²) in [4.78, 5) is 33.3. The number of nitrogens with one attached hydrogen (secondary N) is 3. The first-order valence-corrected chi connectivity index (χ1v) is 8.01.